The highest BCUT2D eigenvalue weighted by atomic mass is 15.1. The zero-order valence-electron chi connectivity index (χ0n) is 28.7. The van der Waals surface area contributed by atoms with Gasteiger partial charge in [-0.2, -0.15) is 0 Å². The van der Waals surface area contributed by atoms with E-state index in [1.165, 1.54) is 71.6 Å². The van der Waals surface area contributed by atoms with Gasteiger partial charge in [0, 0.05) is 38.6 Å². The van der Waals surface area contributed by atoms with Crippen LogP contribution in [-0.2, 0) is 5.41 Å². The van der Waals surface area contributed by atoms with E-state index in [1.807, 2.05) is 0 Å². The van der Waals surface area contributed by atoms with E-state index in [2.05, 4.69) is 205 Å². The molecule has 10 rings (SSSR count). The fourth-order valence-electron chi connectivity index (χ4n) is 8.47. The molecule has 2 heteroatoms. The van der Waals surface area contributed by atoms with Crippen LogP contribution in [0.4, 0.5) is 17.1 Å². The first-order valence-electron chi connectivity index (χ1n) is 17.8. The number of rotatable bonds is 5. The highest BCUT2D eigenvalue weighted by molar-refractivity contribution is 6.09. The smallest absolute Gasteiger partial charge is 0.0541 e. The summed E-state index contributed by atoms with van der Waals surface area (Å²) in [4.78, 5) is 2.43. The largest absolute Gasteiger partial charge is 0.310 e. The Morgan fingerprint density at radius 3 is 1.71 bits per heavy atom. The van der Waals surface area contributed by atoms with E-state index in [1.54, 1.807) is 0 Å². The van der Waals surface area contributed by atoms with Crippen molar-refractivity contribution in [1.82, 2.24) is 4.57 Å². The zero-order chi connectivity index (χ0) is 34.1. The molecule has 0 saturated carbocycles. The summed E-state index contributed by atoms with van der Waals surface area (Å²) in [7, 11) is 0. The standard InChI is InChI=1S/C49H36N2/c1-49(2)44-18-8-5-15-40(44)41-31-30-38(32-45(41)49)50(46-21-11-13-35-12-3-4-14-39(35)46)36-26-22-33(23-27-36)34-24-28-37(29-25-34)51-47-19-9-6-16-42(47)43-17-7-10-20-48(43)51/h3-32H,1-2H3. The maximum atomic E-state index is 2.43. The van der Waals surface area contributed by atoms with Crippen molar-refractivity contribution < 1.29 is 0 Å². The minimum Gasteiger partial charge on any atom is -0.310 e. The van der Waals surface area contributed by atoms with Crippen LogP contribution in [0.5, 0.6) is 0 Å². The highest BCUT2D eigenvalue weighted by Crippen LogP contribution is 2.51. The molecule has 2 nitrogen and oxygen atoms in total. The van der Waals surface area contributed by atoms with Crippen molar-refractivity contribution in [3.8, 4) is 27.9 Å². The Morgan fingerprint density at radius 1 is 0.431 bits per heavy atom. The Hall–Kier alpha value is -6.38. The predicted octanol–water partition coefficient (Wildman–Crippen LogP) is 13.4. The van der Waals surface area contributed by atoms with Gasteiger partial charge < -0.3 is 9.47 Å². The first-order chi connectivity index (χ1) is 25.1. The van der Waals surface area contributed by atoms with Gasteiger partial charge in [0.15, 0.2) is 0 Å². The third kappa shape index (κ3) is 4.57. The molecule has 51 heavy (non-hydrogen) atoms. The summed E-state index contributed by atoms with van der Waals surface area (Å²) in [5.41, 5.74) is 14.8. The molecular weight excluding hydrogens is 617 g/mol. The van der Waals surface area contributed by atoms with Crippen molar-refractivity contribution in [2.75, 3.05) is 4.90 Å². The number of hydrogen-bond donors (Lipinski definition) is 0. The predicted molar refractivity (Wildman–Crippen MR) is 216 cm³/mol. The lowest BCUT2D eigenvalue weighted by molar-refractivity contribution is 0.660. The third-order valence-electron chi connectivity index (χ3n) is 11.0. The van der Waals surface area contributed by atoms with Gasteiger partial charge in [-0.15, -0.1) is 0 Å². The van der Waals surface area contributed by atoms with Crippen LogP contribution in [0.15, 0.2) is 182 Å². The monoisotopic (exact) mass is 652 g/mol. The van der Waals surface area contributed by atoms with Crippen LogP contribution in [0.1, 0.15) is 25.0 Å². The van der Waals surface area contributed by atoms with E-state index >= 15 is 0 Å². The normalized spacial score (nSPS) is 13.1. The fraction of sp³-hybridized carbons (Fsp3) is 0.0612. The Morgan fingerprint density at radius 2 is 0.980 bits per heavy atom. The molecule has 1 aliphatic rings. The van der Waals surface area contributed by atoms with E-state index < -0.39 is 0 Å². The molecule has 0 unspecified atom stereocenters. The summed E-state index contributed by atoms with van der Waals surface area (Å²) in [6.45, 7) is 4.70. The van der Waals surface area contributed by atoms with Crippen LogP contribution < -0.4 is 4.90 Å². The van der Waals surface area contributed by atoms with Crippen molar-refractivity contribution in [2.45, 2.75) is 19.3 Å². The number of benzene rings is 8. The quantitative estimate of drug-likeness (QED) is 0.180. The third-order valence-corrected chi connectivity index (χ3v) is 11.0. The van der Waals surface area contributed by atoms with Gasteiger partial charge in [-0.05, 0) is 93.4 Å². The Bertz CT molecular complexity index is 2710. The van der Waals surface area contributed by atoms with E-state index in [4.69, 9.17) is 0 Å². The minimum atomic E-state index is -0.0817. The molecule has 0 amide bonds. The highest BCUT2D eigenvalue weighted by Gasteiger charge is 2.35. The molecule has 0 radical (unpaired) electrons. The molecule has 1 aliphatic carbocycles. The molecule has 0 spiro atoms. The van der Waals surface area contributed by atoms with E-state index in [0.29, 0.717) is 0 Å². The number of para-hydroxylation sites is 2. The topological polar surface area (TPSA) is 8.17 Å². The molecule has 0 fully saturated rings. The average Bonchev–Trinajstić information content (AvgIpc) is 3.64. The van der Waals surface area contributed by atoms with E-state index in [9.17, 15) is 0 Å². The lowest BCUT2D eigenvalue weighted by Crippen LogP contribution is -2.16. The molecule has 8 aromatic carbocycles. The van der Waals surface area contributed by atoms with Gasteiger partial charge in [0.2, 0.25) is 0 Å². The molecule has 0 atom stereocenters. The molecule has 0 aliphatic heterocycles. The lowest BCUT2D eigenvalue weighted by atomic mass is 9.82. The van der Waals surface area contributed by atoms with Crippen LogP contribution in [0, 0.1) is 0 Å². The van der Waals surface area contributed by atoms with Crippen molar-refractivity contribution in [3.63, 3.8) is 0 Å². The second-order valence-electron chi connectivity index (χ2n) is 14.2. The van der Waals surface area contributed by atoms with Crippen LogP contribution in [0.2, 0.25) is 0 Å². The SMILES string of the molecule is CC1(C)c2ccccc2-c2ccc(N(c3ccc(-c4ccc(-n5c6ccccc6c6ccccc65)cc4)cc3)c3cccc4ccccc34)cc21. The second kappa shape index (κ2) is 11.3. The number of nitrogens with zero attached hydrogens (tertiary/aromatic N) is 2. The second-order valence-corrected chi connectivity index (χ2v) is 14.2. The number of anilines is 3. The molecule has 9 aromatic rings. The summed E-state index contributed by atoms with van der Waals surface area (Å²) in [5, 5.41) is 5.02. The van der Waals surface area contributed by atoms with Crippen LogP contribution >= 0.6 is 0 Å². The van der Waals surface area contributed by atoms with E-state index in [0.717, 1.165) is 17.1 Å². The average molecular weight is 653 g/mol. The van der Waals surface area contributed by atoms with Crippen LogP contribution in [0.3, 0.4) is 0 Å². The maximum absolute atomic E-state index is 2.43. The van der Waals surface area contributed by atoms with Gasteiger partial charge in [-0.3, -0.25) is 0 Å². The Kier molecular flexibility index (Phi) is 6.56. The fourth-order valence-corrected chi connectivity index (χ4v) is 8.47. The minimum absolute atomic E-state index is 0.0817. The molecule has 0 N–H and O–H groups in total. The van der Waals surface area contributed by atoms with Gasteiger partial charge in [0.05, 0.1) is 16.7 Å². The molecule has 0 saturated heterocycles. The van der Waals surface area contributed by atoms with Gasteiger partial charge in [0.25, 0.3) is 0 Å². The van der Waals surface area contributed by atoms with E-state index in [-0.39, 0.29) is 5.41 Å². The van der Waals surface area contributed by atoms with Crippen molar-refractivity contribution in [3.05, 3.63) is 193 Å². The lowest BCUT2D eigenvalue weighted by Gasteiger charge is -2.29. The zero-order valence-corrected chi connectivity index (χ0v) is 28.7. The van der Waals surface area contributed by atoms with Crippen molar-refractivity contribution >= 4 is 49.6 Å². The number of hydrogen-bond acceptors (Lipinski definition) is 1. The molecular formula is C49H36N2. The maximum Gasteiger partial charge on any atom is 0.0541 e. The molecule has 1 heterocycles. The van der Waals surface area contributed by atoms with Crippen LogP contribution in [-0.4, -0.2) is 4.57 Å². The first kappa shape index (κ1) is 29.5. The van der Waals surface area contributed by atoms with Gasteiger partial charge in [-0.25, -0.2) is 0 Å². The Labute approximate surface area is 298 Å². The summed E-state index contributed by atoms with van der Waals surface area (Å²) in [6.07, 6.45) is 0. The Balaban J connectivity index is 1.06. The summed E-state index contributed by atoms with van der Waals surface area (Å²) >= 11 is 0. The molecule has 242 valence electrons. The van der Waals surface area contributed by atoms with Gasteiger partial charge in [-0.1, -0.05) is 141 Å². The molecule has 1 aromatic heterocycles. The van der Waals surface area contributed by atoms with Gasteiger partial charge in [0.1, 0.15) is 0 Å². The number of fused-ring (bicyclic) bond motifs is 7. The summed E-state index contributed by atoms with van der Waals surface area (Å²) < 4.78 is 2.37. The van der Waals surface area contributed by atoms with Crippen LogP contribution in [0.25, 0.3) is 60.5 Å². The summed E-state index contributed by atoms with van der Waals surface area (Å²) in [6, 6.07) is 66.6. The number of aromatic nitrogens is 1. The summed E-state index contributed by atoms with van der Waals surface area (Å²) in [5.74, 6) is 0. The van der Waals surface area contributed by atoms with Gasteiger partial charge >= 0.3 is 0 Å². The molecule has 0 bridgehead atoms. The van der Waals surface area contributed by atoms with Crippen molar-refractivity contribution in [2.24, 2.45) is 0 Å². The van der Waals surface area contributed by atoms with Crippen molar-refractivity contribution in [1.29, 1.82) is 0 Å². The first-order valence-corrected chi connectivity index (χ1v) is 17.8.